The molecule has 2 saturated heterocycles. The van der Waals surface area contributed by atoms with E-state index in [1.807, 2.05) is 4.90 Å². The monoisotopic (exact) mass is 453 g/mol. The third kappa shape index (κ3) is 4.07. The van der Waals surface area contributed by atoms with Gasteiger partial charge in [0, 0.05) is 31.7 Å². The topological polar surface area (TPSA) is 53.1 Å². The van der Waals surface area contributed by atoms with Crippen LogP contribution in [0, 0.1) is 5.92 Å². The van der Waals surface area contributed by atoms with Gasteiger partial charge >= 0.3 is 0 Å². The Bertz CT molecular complexity index is 818. The number of nitrogens with zero attached hydrogens (tertiary/aromatic N) is 3. The molecule has 4 rings (SSSR count). The number of hydrogen-bond donors (Lipinski definition) is 0. The fourth-order valence-electron chi connectivity index (χ4n) is 4.77. The average molecular weight is 454 g/mol. The molecule has 0 radical (unpaired) electrons. The zero-order chi connectivity index (χ0) is 21.5. The zero-order valence-electron chi connectivity index (χ0n) is 17.6. The number of carbonyl (C=O) groups excluding carboxylic acids is 2. The van der Waals surface area contributed by atoms with Crippen molar-refractivity contribution in [3.63, 3.8) is 0 Å². The quantitative estimate of drug-likeness (QED) is 0.687. The minimum Gasteiger partial charge on any atom is -0.353 e. The molecule has 2 amide bonds. The van der Waals surface area contributed by atoms with Gasteiger partial charge in [-0.15, -0.1) is 0 Å². The van der Waals surface area contributed by atoms with E-state index in [1.54, 1.807) is 23.1 Å². The fourth-order valence-corrected chi connectivity index (χ4v) is 5.07. The SMILES string of the molecule is CC1CCC2(CC1)OC[C@H](C(=O)N1CCN(C)CC1)N2C(=O)c1ccc(Cl)c(Cl)c1. The number of halogens is 2. The predicted molar refractivity (Wildman–Crippen MR) is 117 cm³/mol. The minimum atomic E-state index is -0.720. The van der Waals surface area contributed by atoms with Gasteiger partial charge in [0.05, 0.1) is 16.7 Å². The van der Waals surface area contributed by atoms with Crippen molar-refractivity contribution >= 4 is 35.0 Å². The average Bonchev–Trinajstić information content (AvgIpc) is 3.10. The Kier molecular flexibility index (Phi) is 6.31. The number of carbonyl (C=O) groups is 2. The van der Waals surface area contributed by atoms with Gasteiger partial charge in [-0.25, -0.2) is 0 Å². The second-order valence-corrected chi connectivity index (χ2v) is 9.70. The van der Waals surface area contributed by atoms with E-state index in [0.717, 1.165) is 38.8 Å². The van der Waals surface area contributed by atoms with Crippen molar-refractivity contribution in [2.75, 3.05) is 39.8 Å². The van der Waals surface area contributed by atoms with Gasteiger partial charge in [-0.2, -0.15) is 0 Å². The molecule has 1 saturated carbocycles. The molecule has 3 aliphatic rings. The van der Waals surface area contributed by atoms with Gasteiger partial charge in [0.1, 0.15) is 11.8 Å². The van der Waals surface area contributed by atoms with E-state index in [1.165, 1.54) is 0 Å². The summed E-state index contributed by atoms with van der Waals surface area (Å²) in [6.45, 7) is 5.48. The standard InChI is InChI=1S/C22H29Cl2N3O3/c1-15-5-7-22(8-6-15)27(20(28)16-3-4-17(23)18(24)13-16)19(14-30-22)21(29)26-11-9-25(2)10-12-26/h3-4,13,15,19H,5-12,14H2,1-2H3/t15?,19-,22?/m1/s1. The van der Waals surface area contributed by atoms with Gasteiger partial charge in [-0.05, 0) is 56.8 Å². The summed E-state index contributed by atoms with van der Waals surface area (Å²) in [5.74, 6) is 0.355. The van der Waals surface area contributed by atoms with Crippen molar-refractivity contribution in [3.8, 4) is 0 Å². The molecule has 0 bridgehead atoms. The second kappa shape index (κ2) is 8.65. The van der Waals surface area contributed by atoms with Crippen LogP contribution in [-0.2, 0) is 9.53 Å². The molecular formula is C22H29Cl2N3O3. The van der Waals surface area contributed by atoms with Gasteiger partial charge in [0.15, 0.2) is 0 Å². The van der Waals surface area contributed by atoms with Crippen molar-refractivity contribution in [1.82, 2.24) is 14.7 Å². The van der Waals surface area contributed by atoms with Crippen molar-refractivity contribution in [1.29, 1.82) is 0 Å². The van der Waals surface area contributed by atoms with E-state index in [9.17, 15) is 9.59 Å². The summed E-state index contributed by atoms with van der Waals surface area (Å²) in [6.07, 6.45) is 3.43. The Labute approximate surface area is 188 Å². The molecule has 8 heteroatoms. The minimum absolute atomic E-state index is 0.0213. The Morgan fingerprint density at radius 3 is 2.37 bits per heavy atom. The first kappa shape index (κ1) is 21.9. The van der Waals surface area contributed by atoms with Crippen LogP contribution in [0.5, 0.6) is 0 Å². The Morgan fingerprint density at radius 1 is 1.07 bits per heavy atom. The lowest BCUT2D eigenvalue weighted by molar-refractivity contribution is -0.139. The molecule has 3 fully saturated rings. The largest absolute Gasteiger partial charge is 0.353 e. The Hall–Kier alpha value is -1.34. The Morgan fingerprint density at radius 2 is 1.73 bits per heavy atom. The molecule has 164 valence electrons. The number of rotatable bonds is 2. The fraction of sp³-hybridized carbons (Fsp3) is 0.636. The van der Waals surface area contributed by atoms with Crippen molar-refractivity contribution in [3.05, 3.63) is 33.8 Å². The number of likely N-dealkylation sites (N-methyl/N-ethyl adjacent to an activating group) is 1. The highest BCUT2D eigenvalue weighted by Crippen LogP contribution is 2.43. The molecule has 0 aromatic heterocycles. The van der Waals surface area contributed by atoms with Gasteiger partial charge in [-0.1, -0.05) is 30.1 Å². The van der Waals surface area contributed by atoms with Crippen LogP contribution >= 0.6 is 23.2 Å². The molecule has 1 aromatic carbocycles. The molecule has 2 aliphatic heterocycles. The lowest BCUT2D eigenvalue weighted by Crippen LogP contribution is -2.59. The lowest BCUT2D eigenvalue weighted by Gasteiger charge is -2.44. The lowest BCUT2D eigenvalue weighted by atomic mass is 9.83. The molecular weight excluding hydrogens is 425 g/mol. The maximum atomic E-state index is 13.7. The highest BCUT2D eigenvalue weighted by molar-refractivity contribution is 6.42. The summed E-state index contributed by atoms with van der Waals surface area (Å²) in [7, 11) is 2.05. The molecule has 0 N–H and O–H groups in total. The highest BCUT2D eigenvalue weighted by atomic mass is 35.5. The maximum absolute atomic E-state index is 13.7. The van der Waals surface area contributed by atoms with Crippen LogP contribution in [0.25, 0.3) is 0 Å². The highest BCUT2D eigenvalue weighted by Gasteiger charge is 2.54. The van der Waals surface area contributed by atoms with E-state index in [0.29, 0.717) is 34.6 Å². The molecule has 1 spiro atoms. The third-order valence-corrected chi connectivity index (χ3v) is 7.54. The van der Waals surface area contributed by atoms with Crippen LogP contribution in [0.4, 0.5) is 0 Å². The van der Waals surface area contributed by atoms with Gasteiger partial charge in [0.25, 0.3) is 5.91 Å². The van der Waals surface area contributed by atoms with Crippen LogP contribution in [-0.4, -0.2) is 78.1 Å². The Balaban J connectivity index is 1.64. The van der Waals surface area contributed by atoms with Gasteiger partial charge < -0.3 is 14.5 Å². The van der Waals surface area contributed by atoms with Crippen LogP contribution in [0.3, 0.4) is 0 Å². The first-order valence-electron chi connectivity index (χ1n) is 10.7. The molecule has 6 nitrogen and oxygen atoms in total. The van der Waals surface area contributed by atoms with Crippen LogP contribution in [0.2, 0.25) is 10.0 Å². The molecule has 2 heterocycles. The zero-order valence-corrected chi connectivity index (χ0v) is 19.1. The number of hydrogen-bond acceptors (Lipinski definition) is 4. The van der Waals surface area contributed by atoms with E-state index in [-0.39, 0.29) is 18.4 Å². The molecule has 1 aliphatic carbocycles. The maximum Gasteiger partial charge on any atom is 0.256 e. The first-order chi connectivity index (χ1) is 14.3. The second-order valence-electron chi connectivity index (χ2n) is 8.89. The number of piperazine rings is 1. The van der Waals surface area contributed by atoms with E-state index in [2.05, 4.69) is 18.9 Å². The van der Waals surface area contributed by atoms with E-state index in [4.69, 9.17) is 27.9 Å². The summed E-state index contributed by atoms with van der Waals surface area (Å²) in [5, 5.41) is 0.730. The molecule has 30 heavy (non-hydrogen) atoms. The van der Waals surface area contributed by atoms with Crippen LogP contribution in [0.1, 0.15) is 43.0 Å². The normalized spacial score (nSPS) is 30.1. The molecule has 0 unspecified atom stereocenters. The van der Waals surface area contributed by atoms with Crippen molar-refractivity contribution in [2.45, 2.75) is 44.4 Å². The summed E-state index contributed by atoms with van der Waals surface area (Å²) in [4.78, 5) is 32.9. The third-order valence-electron chi connectivity index (χ3n) is 6.80. The predicted octanol–water partition coefficient (Wildman–Crippen LogP) is 3.51. The summed E-state index contributed by atoms with van der Waals surface area (Å²) < 4.78 is 6.27. The van der Waals surface area contributed by atoms with Crippen molar-refractivity contribution in [2.24, 2.45) is 5.92 Å². The van der Waals surface area contributed by atoms with Crippen LogP contribution < -0.4 is 0 Å². The number of benzene rings is 1. The molecule has 1 aromatic rings. The molecule has 1 atom stereocenters. The number of amides is 2. The summed E-state index contributed by atoms with van der Waals surface area (Å²) >= 11 is 12.2. The van der Waals surface area contributed by atoms with Gasteiger partial charge in [0.2, 0.25) is 5.91 Å². The van der Waals surface area contributed by atoms with Crippen molar-refractivity contribution < 1.29 is 14.3 Å². The van der Waals surface area contributed by atoms with E-state index >= 15 is 0 Å². The first-order valence-corrected chi connectivity index (χ1v) is 11.5. The summed E-state index contributed by atoms with van der Waals surface area (Å²) in [5.41, 5.74) is -0.285. The van der Waals surface area contributed by atoms with Crippen LogP contribution in [0.15, 0.2) is 18.2 Å². The number of ether oxygens (including phenoxy) is 1. The van der Waals surface area contributed by atoms with Gasteiger partial charge in [-0.3, -0.25) is 14.5 Å². The van der Waals surface area contributed by atoms with E-state index < -0.39 is 11.8 Å². The summed E-state index contributed by atoms with van der Waals surface area (Å²) in [6, 6.07) is 4.27. The smallest absolute Gasteiger partial charge is 0.256 e.